The highest BCUT2D eigenvalue weighted by Crippen LogP contribution is 2.13. The summed E-state index contributed by atoms with van der Waals surface area (Å²) in [6.07, 6.45) is 0. The quantitative estimate of drug-likeness (QED) is 0.672. The normalized spacial score (nSPS) is 10.3. The summed E-state index contributed by atoms with van der Waals surface area (Å²) in [7, 11) is 0. The fraction of sp³-hybridized carbons (Fsp3) is 0.0476. The van der Waals surface area contributed by atoms with Crippen LogP contribution in [-0.4, -0.2) is 11.9 Å². The first-order valence-corrected chi connectivity index (χ1v) is 8.10. The second kappa shape index (κ2) is 8.23. The molecule has 0 aromatic heterocycles. The molecule has 0 heterocycles. The molecule has 0 saturated heterocycles. The average Bonchev–Trinajstić information content (AvgIpc) is 2.66. The number of halogens is 2. The van der Waals surface area contributed by atoms with Crippen LogP contribution in [0, 0.1) is 11.6 Å². The molecule has 0 unspecified atom stereocenters. The number of benzene rings is 3. The summed E-state index contributed by atoms with van der Waals surface area (Å²) in [5.41, 5.74) is 1.56. The summed E-state index contributed by atoms with van der Waals surface area (Å²) in [6, 6.07) is 18.0. The van der Waals surface area contributed by atoms with Gasteiger partial charge in [-0.15, -0.1) is 0 Å². The van der Waals surface area contributed by atoms with Crippen LogP contribution in [0.2, 0.25) is 0 Å². The number of hydrogen-bond acceptors (Lipinski definition) is 3. The number of amides is 1. The molecule has 0 radical (unpaired) electrons. The summed E-state index contributed by atoms with van der Waals surface area (Å²) in [4.78, 5) is 24.1. The van der Waals surface area contributed by atoms with Crippen molar-refractivity contribution in [2.75, 3.05) is 5.32 Å². The van der Waals surface area contributed by atoms with Crippen molar-refractivity contribution in [2.45, 2.75) is 6.61 Å². The third kappa shape index (κ3) is 4.98. The Kier molecular flexibility index (Phi) is 5.56. The van der Waals surface area contributed by atoms with Gasteiger partial charge in [0.05, 0.1) is 5.56 Å². The highest BCUT2D eigenvalue weighted by atomic mass is 19.1. The Morgan fingerprint density at radius 1 is 0.815 bits per heavy atom. The summed E-state index contributed by atoms with van der Waals surface area (Å²) >= 11 is 0. The monoisotopic (exact) mass is 367 g/mol. The Hall–Kier alpha value is -3.54. The number of nitrogens with one attached hydrogen (secondary N) is 1. The minimum Gasteiger partial charge on any atom is -0.457 e. The molecule has 1 N–H and O–H groups in total. The molecule has 0 aliphatic carbocycles. The molecule has 27 heavy (non-hydrogen) atoms. The Balaban J connectivity index is 1.59. The first-order chi connectivity index (χ1) is 13.0. The maximum atomic E-state index is 13.1. The lowest BCUT2D eigenvalue weighted by atomic mass is 10.1. The Morgan fingerprint density at radius 3 is 2.07 bits per heavy atom. The molecule has 1 amide bonds. The molecule has 3 aromatic carbocycles. The zero-order valence-corrected chi connectivity index (χ0v) is 14.1. The highest BCUT2D eigenvalue weighted by Gasteiger charge is 2.11. The van der Waals surface area contributed by atoms with Gasteiger partial charge in [-0.1, -0.05) is 30.3 Å². The summed E-state index contributed by atoms with van der Waals surface area (Å²) < 4.78 is 31.3. The van der Waals surface area contributed by atoms with Gasteiger partial charge in [0.15, 0.2) is 0 Å². The van der Waals surface area contributed by atoms with E-state index in [2.05, 4.69) is 5.32 Å². The SMILES string of the molecule is O=C(Nc1ccccc1)c1ccc(COC(=O)c2cc(F)cc(F)c2)cc1. The van der Waals surface area contributed by atoms with Gasteiger partial charge in [0, 0.05) is 17.3 Å². The van der Waals surface area contributed by atoms with E-state index in [9.17, 15) is 18.4 Å². The molecule has 4 nitrogen and oxygen atoms in total. The van der Waals surface area contributed by atoms with E-state index in [1.807, 2.05) is 18.2 Å². The number of rotatable bonds is 5. The lowest BCUT2D eigenvalue weighted by molar-refractivity contribution is 0.0471. The number of hydrogen-bond donors (Lipinski definition) is 1. The number of esters is 1. The second-order valence-electron chi connectivity index (χ2n) is 5.75. The third-order valence-electron chi connectivity index (χ3n) is 3.72. The standard InChI is InChI=1S/C21H15F2NO3/c22-17-10-16(11-18(23)12-17)21(26)27-13-14-6-8-15(9-7-14)20(25)24-19-4-2-1-3-5-19/h1-12H,13H2,(H,24,25). The smallest absolute Gasteiger partial charge is 0.338 e. The van der Waals surface area contributed by atoms with Crippen molar-refractivity contribution in [3.63, 3.8) is 0 Å². The lowest BCUT2D eigenvalue weighted by Crippen LogP contribution is -2.12. The minimum absolute atomic E-state index is 0.0858. The predicted molar refractivity (Wildman–Crippen MR) is 96.3 cm³/mol. The number of carbonyl (C=O) groups excluding carboxylic acids is 2. The third-order valence-corrected chi connectivity index (χ3v) is 3.72. The molecule has 0 fully saturated rings. The Labute approximate surface area is 154 Å². The van der Waals surface area contributed by atoms with E-state index in [0.29, 0.717) is 22.9 Å². The molecule has 0 atom stereocenters. The van der Waals surface area contributed by atoms with Gasteiger partial charge in [-0.25, -0.2) is 13.6 Å². The van der Waals surface area contributed by atoms with Crippen LogP contribution in [0.3, 0.4) is 0 Å². The number of ether oxygens (including phenoxy) is 1. The maximum absolute atomic E-state index is 13.1. The molecular formula is C21H15F2NO3. The van der Waals surface area contributed by atoms with Crippen LogP contribution in [0.4, 0.5) is 14.5 Å². The largest absolute Gasteiger partial charge is 0.457 e. The van der Waals surface area contributed by atoms with E-state index in [1.54, 1.807) is 36.4 Å². The summed E-state index contributed by atoms with van der Waals surface area (Å²) in [6.45, 7) is -0.0858. The van der Waals surface area contributed by atoms with Crippen molar-refractivity contribution in [3.05, 3.63) is 101 Å². The summed E-state index contributed by atoms with van der Waals surface area (Å²) in [5.74, 6) is -2.80. The molecule has 0 aliphatic rings. The van der Waals surface area contributed by atoms with Crippen molar-refractivity contribution < 1.29 is 23.1 Å². The van der Waals surface area contributed by atoms with Gasteiger partial charge in [0.25, 0.3) is 5.91 Å². The molecule has 0 aliphatic heterocycles. The van der Waals surface area contributed by atoms with Crippen LogP contribution in [-0.2, 0) is 11.3 Å². The average molecular weight is 367 g/mol. The van der Waals surface area contributed by atoms with Gasteiger partial charge in [0.1, 0.15) is 18.2 Å². The van der Waals surface area contributed by atoms with Crippen molar-refractivity contribution in [3.8, 4) is 0 Å². The van der Waals surface area contributed by atoms with Gasteiger partial charge in [0.2, 0.25) is 0 Å². The van der Waals surface area contributed by atoms with Crippen LogP contribution in [0.5, 0.6) is 0 Å². The zero-order valence-electron chi connectivity index (χ0n) is 14.1. The van der Waals surface area contributed by atoms with Gasteiger partial charge < -0.3 is 10.1 Å². The van der Waals surface area contributed by atoms with E-state index in [1.165, 1.54) is 0 Å². The van der Waals surface area contributed by atoms with Crippen LogP contribution in [0.15, 0.2) is 72.8 Å². The first kappa shape index (κ1) is 18.3. The van der Waals surface area contributed by atoms with Crippen LogP contribution in [0.25, 0.3) is 0 Å². The number of carbonyl (C=O) groups is 2. The van der Waals surface area contributed by atoms with Crippen LogP contribution >= 0.6 is 0 Å². The molecule has 3 rings (SSSR count). The number of para-hydroxylation sites is 1. The molecule has 0 spiro atoms. The highest BCUT2D eigenvalue weighted by molar-refractivity contribution is 6.04. The van der Waals surface area contributed by atoms with Crippen molar-refractivity contribution in [1.29, 1.82) is 0 Å². The molecule has 3 aromatic rings. The van der Waals surface area contributed by atoms with E-state index in [4.69, 9.17) is 4.74 Å². The van der Waals surface area contributed by atoms with Crippen LogP contribution < -0.4 is 5.32 Å². The first-order valence-electron chi connectivity index (χ1n) is 8.10. The van der Waals surface area contributed by atoms with Crippen molar-refractivity contribution in [1.82, 2.24) is 0 Å². The van der Waals surface area contributed by atoms with E-state index < -0.39 is 17.6 Å². The number of anilines is 1. The van der Waals surface area contributed by atoms with Gasteiger partial charge in [-0.05, 0) is 42.0 Å². The zero-order chi connectivity index (χ0) is 19.2. The van der Waals surface area contributed by atoms with Gasteiger partial charge in [-0.3, -0.25) is 4.79 Å². The van der Waals surface area contributed by atoms with Gasteiger partial charge >= 0.3 is 5.97 Å². The minimum atomic E-state index is -0.851. The maximum Gasteiger partial charge on any atom is 0.338 e. The molecule has 0 saturated carbocycles. The molecule has 0 bridgehead atoms. The molecule has 136 valence electrons. The van der Waals surface area contributed by atoms with E-state index >= 15 is 0 Å². The Morgan fingerprint density at radius 2 is 1.44 bits per heavy atom. The van der Waals surface area contributed by atoms with E-state index in [-0.39, 0.29) is 18.1 Å². The molecular weight excluding hydrogens is 352 g/mol. The van der Waals surface area contributed by atoms with Crippen molar-refractivity contribution in [2.24, 2.45) is 0 Å². The fourth-order valence-electron chi connectivity index (χ4n) is 2.38. The second-order valence-corrected chi connectivity index (χ2v) is 5.75. The van der Waals surface area contributed by atoms with Crippen molar-refractivity contribution >= 4 is 17.6 Å². The van der Waals surface area contributed by atoms with Gasteiger partial charge in [-0.2, -0.15) is 0 Å². The lowest BCUT2D eigenvalue weighted by Gasteiger charge is -2.07. The fourth-order valence-corrected chi connectivity index (χ4v) is 2.38. The topological polar surface area (TPSA) is 55.4 Å². The van der Waals surface area contributed by atoms with E-state index in [0.717, 1.165) is 12.1 Å². The predicted octanol–water partition coefficient (Wildman–Crippen LogP) is 4.57. The summed E-state index contributed by atoms with van der Waals surface area (Å²) in [5, 5.41) is 2.76. The van der Waals surface area contributed by atoms with Crippen LogP contribution in [0.1, 0.15) is 26.3 Å². The Bertz CT molecular complexity index is 937. The molecule has 6 heteroatoms.